The summed E-state index contributed by atoms with van der Waals surface area (Å²) in [7, 11) is -3.28. The Morgan fingerprint density at radius 2 is 1.33 bits per heavy atom. The van der Waals surface area contributed by atoms with Crippen LogP contribution in [-0.4, -0.2) is 25.2 Å². The van der Waals surface area contributed by atoms with Crippen LogP contribution in [0.5, 0.6) is 0 Å². The van der Waals surface area contributed by atoms with Crippen molar-refractivity contribution in [1.82, 2.24) is 0 Å². The Labute approximate surface area is 131 Å². The monoisotopic (exact) mass is 318 g/mol. The predicted octanol–water partition coefficient (Wildman–Crippen LogP) is 4.69. The minimum absolute atomic E-state index is 0.345. The van der Waals surface area contributed by atoms with E-state index >= 15 is 0 Å². The Kier molecular flexibility index (Phi) is 12.0. The van der Waals surface area contributed by atoms with Crippen molar-refractivity contribution in [1.29, 1.82) is 0 Å². The largest absolute Gasteiger partial charge is 0.302 e. The molecule has 0 amide bonds. The van der Waals surface area contributed by atoms with Gasteiger partial charge in [-0.25, -0.2) is 8.42 Å². The Hall–Kier alpha value is -0.380. The molecule has 0 aromatic rings. The molecule has 4 heteroatoms. The molecule has 0 aliphatic heterocycles. The van der Waals surface area contributed by atoms with E-state index in [1.165, 1.54) is 51.9 Å². The standard InChI is InChI=1S/C17H34O3S/c1-4-6-7-8-9-10-11-12-13-14-17(5-2)21(19,20)16(3)15-18/h15-17H,4-14H2,1-3H3. The van der Waals surface area contributed by atoms with Crippen molar-refractivity contribution < 1.29 is 13.2 Å². The second-order valence-electron chi connectivity index (χ2n) is 6.08. The van der Waals surface area contributed by atoms with Gasteiger partial charge in [-0.15, -0.1) is 0 Å². The fraction of sp³-hybridized carbons (Fsp3) is 0.941. The number of unbranched alkanes of at least 4 members (excludes halogenated alkanes) is 8. The summed E-state index contributed by atoms with van der Waals surface area (Å²) in [5, 5.41) is -1.21. The number of carbonyl (C=O) groups is 1. The summed E-state index contributed by atoms with van der Waals surface area (Å²) < 4.78 is 24.3. The SMILES string of the molecule is CCCCCCCCCCCC(CC)S(=O)(=O)C(C)C=O. The second kappa shape index (κ2) is 12.2. The molecule has 0 spiro atoms. The van der Waals surface area contributed by atoms with Gasteiger partial charge in [0.25, 0.3) is 0 Å². The normalized spacial score (nSPS) is 14.8. The lowest BCUT2D eigenvalue weighted by Gasteiger charge is -2.17. The Balaban J connectivity index is 3.81. The van der Waals surface area contributed by atoms with Gasteiger partial charge < -0.3 is 4.79 Å². The molecular weight excluding hydrogens is 284 g/mol. The third-order valence-electron chi connectivity index (χ3n) is 4.26. The summed E-state index contributed by atoms with van der Waals surface area (Å²) in [6.07, 6.45) is 13.0. The van der Waals surface area contributed by atoms with Crippen molar-refractivity contribution >= 4 is 16.1 Å². The lowest BCUT2D eigenvalue weighted by molar-refractivity contribution is -0.107. The van der Waals surface area contributed by atoms with Gasteiger partial charge in [0.2, 0.25) is 0 Å². The topological polar surface area (TPSA) is 51.2 Å². The van der Waals surface area contributed by atoms with Crippen molar-refractivity contribution in [2.75, 3.05) is 0 Å². The lowest BCUT2D eigenvalue weighted by atomic mass is 10.1. The molecule has 3 nitrogen and oxygen atoms in total. The van der Waals surface area contributed by atoms with Crippen LogP contribution in [0.1, 0.15) is 91.4 Å². The minimum Gasteiger partial charge on any atom is -0.302 e. The fourth-order valence-electron chi connectivity index (χ4n) is 2.66. The first-order valence-corrected chi connectivity index (χ1v) is 10.3. The van der Waals surface area contributed by atoms with Gasteiger partial charge in [0.15, 0.2) is 9.84 Å². The number of aldehydes is 1. The summed E-state index contributed by atoms with van der Waals surface area (Å²) in [5.41, 5.74) is 0. The van der Waals surface area contributed by atoms with Gasteiger partial charge >= 0.3 is 0 Å². The molecule has 0 aliphatic rings. The molecule has 0 saturated carbocycles. The highest BCUT2D eigenvalue weighted by Crippen LogP contribution is 2.19. The zero-order chi connectivity index (χ0) is 16.1. The van der Waals surface area contributed by atoms with Gasteiger partial charge in [0.05, 0.1) is 5.25 Å². The molecule has 0 aromatic carbocycles. The highest BCUT2D eigenvalue weighted by atomic mass is 32.2. The molecule has 0 N–H and O–H groups in total. The maximum atomic E-state index is 12.1. The van der Waals surface area contributed by atoms with E-state index in [4.69, 9.17) is 0 Å². The van der Waals surface area contributed by atoms with Crippen LogP contribution in [0.4, 0.5) is 0 Å². The molecular formula is C17H34O3S. The first-order valence-electron chi connectivity index (χ1n) is 8.68. The van der Waals surface area contributed by atoms with Crippen molar-refractivity contribution in [3.63, 3.8) is 0 Å². The maximum absolute atomic E-state index is 12.1. The number of hydrogen-bond acceptors (Lipinski definition) is 3. The fourth-order valence-corrected chi connectivity index (χ4v) is 4.39. The molecule has 0 heterocycles. The summed E-state index contributed by atoms with van der Waals surface area (Å²) in [6.45, 7) is 5.61. The number of carbonyl (C=O) groups excluding carboxylic acids is 1. The quantitative estimate of drug-likeness (QED) is 0.345. The Morgan fingerprint density at radius 3 is 1.76 bits per heavy atom. The molecule has 0 aromatic heterocycles. The van der Waals surface area contributed by atoms with E-state index < -0.39 is 15.1 Å². The number of hydrogen-bond donors (Lipinski definition) is 0. The molecule has 0 bridgehead atoms. The van der Waals surface area contributed by atoms with E-state index in [0.717, 1.165) is 12.8 Å². The Morgan fingerprint density at radius 1 is 0.857 bits per heavy atom. The van der Waals surface area contributed by atoms with Crippen molar-refractivity contribution in [3.05, 3.63) is 0 Å². The molecule has 21 heavy (non-hydrogen) atoms. The van der Waals surface area contributed by atoms with Gasteiger partial charge in [0, 0.05) is 0 Å². The molecule has 0 radical (unpaired) electrons. The molecule has 2 atom stereocenters. The van der Waals surface area contributed by atoms with Crippen LogP contribution in [0.2, 0.25) is 0 Å². The molecule has 2 unspecified atom stereocenters. The number of rotatable bonds is 14. The van der Waals surface area contributed by atoms with Crippen molar-refractivity contribution in [3.8, 4) is 0 Å². The summed E-state index contributed by atoms with van der Waals surface area (Å²) in [4.78, 5) is 10.7. The zero-order valence-electron chi connectivity index (χ0n) is 14.1. The first-order chi connectivity index (χ1) is 10.0. The van der Waals surface area contributed by atoms with Crippen molar-refractivity contribution in [2.24, 2.45) is 0 Å². The highest BCUT2D eigenvalue weighted by Gasteiger charge is 2.29. The third-order valence-corrected chi connectivity index (χ3v) is 6.91. The van der Waals surface area contributed by atoms with E-state index in [-0.39, 0.29) is 5.25 Å². The highest BCUT2D eigenvalue weighted by molar-refractivity contribution is 7.93. The molecule has 0 saturated heterocycles. The minimum atomic E-state index is -3.28. The smallest absolute Gasteiger partial charge is 0.162 e. The van der Waals surface area contributed by atoms with Crippen LogP contribution >= 0.6 is 0 Å². The predicted molar refractivity (Wildman–Crippen MR) is 90.4 cm³/mol. The average molecular weight is 319 g/mol. The Bertz CT molecular complexity index is 349. The lowest BCUT2D eigenvalue weighted by Crippen LogP contribution is -2.30. The van der Waals surface area contributed by atoms with Crippen LogP contribution in [0.25, 0.3) is 0 Å². The summed E-state index contributed by atoms with van der Waals surface area (Å²) in [6, 6.07) is 0. The van der Waals surface area contributed by atoms with E-state index in [0.29, 0.717) is 19.1 Å². The van der Waals surface area contributed by atoms with Crippen LogP contribution in [0.3, 0.4) is 0 Å². The van der Waals surface area contributed by atoms with Gasteiger partial charge in [-0.1, -0.05) is 71.6 Å². The van der Waals surface area contributed by atoms with E-state index in [9.17, 15) is 13.2 Å². The van der Waals surface area contributed by atoms with Gasteiger partial charge in [-0.2, -0.15) is 0 Å². The molecule has 0 aliphatic carbocycles. The van der Waals surface area contributed by atoms with E-state index in [1.54, 1.807) is 0 Å². The van der Waals surface area contributed by atoms with Crippen LogP contribution in [0, 0.1) is 0 Å². The van der Waals surface area contributed by atoms with Crippen molar-refractivity contribution in [2.45, 2.75) is 102 Å². The molecule has 0 fully saturated rings. The van der Waals surface area contributed by atoms with Crippen LogP contribution in [-0.2, 0) is 14.6 Å². The summed E-state index contributed by atoms with van der Waals surface area (Å²) >= 11 is 0. The zero-order valence-corrected chi connectivity index (χ0v) is 15.0. The third kappa shape index (κ3) is 8.60. The summed E-state index contributed by atoms with van der Waals surface area (Å²) in [5.74, 6) is 0. The maximum Gasteiger partial charge on any atom is 0.162 e. The average Bonchev–Trinajstić information content (AvgIpc) is 2.48. The molecule has 0 rings (SSSR count). The molecule has 126 valence electrons. The second-order valence-corrected chi connectivity index (χ2v) is 8.67. The van der Waals surface area contributed by atoms with Gasteiger partial charge in [0.1, 0.15) is 11.5 Å². The van der Waals surface area contributed by atoms with Gasteiger partial charge in [-0.05, 0) is 19.8 Å². The van der Waals surface area contributed by atoms with Gasteiger partial charge in [-0.3, -0.25) is 0 Å². The van der Waals surface area contributed by atoms with Crippen LogP contribution in [0.15, 0.2) is 0 Å². The van der Waals surface area contributed by atoms with E-state index in [2.05, 4.69) is 6.92 Å². The first kappa shape index (κ1) is 20.6. The number of sulfone groups is 1. The van der Waals surface area contributed by atoms with E-state index in [1.807, 2.05) is 6.92 Å². The van der Waals surface area contributed by atoms with Crippen LogP contribution < -0.4 is 0 Å².